The maximum absolute atomic E-state index is 11.8. The highest BCUT2D eigenvalue weighted by atomic mass is 35.5. The number of fused-ring (bicyclic) bond motifs is 6. The molecule has 6 aromatic heterocycles. The van der Waals surface area contributed by atoms with E-state index in [1.165, 1.54) is 32.8 Å². The Morgan fingerprint density at radius 3 is 1.44 bits per heavy atom. The molecule has 6 aromatic rings. The molecule has 0 saturated carbocycles. The molecule has 90 heavy (non-hydrogen) atoms. The summed E-state index contributed by atoms with van der Waals surface area (Å²) in [6.07, 6.45) is 28.6. The van der Waals surface area contributed by atoms with Gasteiger partial charge in [-0.1, -0.05) is 78.2 Å². The Morgan fingerprint density at radius 1 is 0.589 bits per heavy atom. The van der Waals surface area contributed by atoms with E-state index in [0.29, 0.717) is 47.2 Å². The predicted octanol–water partition coefficient (Wildman–Crippen LogP) is 10.2. The monoisotopic (exact) mass is 1300 g/mol. The van der Waals surface area contributed by atoms with E-state index < -0.39 is 21.2 Å². The molecule has 0 aromatic carbocycles. The maximum Gasteiger partial charge on any atom is 0.211 e. The standard InChI is InChI=1S/C24H30ClN5O.C23H28ClN5O.C20H22ClN5O2S/c1-15-10-20-18(13-30(15)21-11-22(25)28-19-8-4-7-17(19)21)23(27-14-26-20)29-9-5-6-16(12-29)24(2,3)31;1-3-23(30)7-9-28(10-8-23)22-17-13-29(15(2)11-19(17)25-14-26-22)20-12-21(24)27-18-6-4-5-16(18)20;1-12-6-17-15(20(23-11-22-17)13-8-25(9-13)29(2,27)28)10-26(12)18-7-19(21)24-16-5-3-4-14(16)18/h4,7,11,14-16,31H,5-6,8-10,12-13H2,1-3H3;4-5,12,14-15,30H,3,6-11,13H2,1-2H3;3-4,7,11-13H,5-6,8-10H2,1-2H3/t15-,16+;15-;12-/m111/s1. The zero-order valence-electron chi connectivity index (χ0n) is 52.4. The molecule has 4 atom stereocenters. The molecule has 3 saturated heterocycles. The van der Waals surface area contributed by atoms with Crippen LogP contribution in [0.15, 0.2) is 55.4 Å². The van der Waals surface area contributed by atoms with Crippen LogP contribution in [0.1, 0.15) is 153 Å². The summed E-state index contributed by atoms with van der Waals surface area (Å²) in [6.45, 7) is 19.2. The fourth-order valence-electron chi connectivity index (χ4n) is 14.8. The minimum absolute atomic E-state index is 0.114. The minimum Gasteiger partial charge on any atom is -0.390 e. The van der Waals surface area contributed by atoms with Gasteiger partial charge >= 0.3 is 0 Å². The molecule has 3 fully saturated rings. The highest BCUT2D eigenvalue weighted by Crippen LogP contribution is 2.43. The number of nitrogens with zero attached hydrogens (tertiary/aromatic N) is 15. The Balaban J connectivity index is 0.000000124. The van der Waals surface area contributed by atoms with Crippen LogP contribution in [0.5, 0.6) is 0 Å². The van der Waals surface area contributed by atoms with Crippen molar-refractivity contribution in [2.45, 2.75) is 167 Å². The largest absolute Gasteiger partial charge is 0.390 e. The summed E-state index contributed by atoms with van der Waals surface area (Å²) in [7, 11) is -3.15. The summed E-state index contributed by atoms with van der Waals surface area (Å²) < 4.78 is 25.0. The highest BCUT2D eigenvalue weighted by molar-refractivity contribution is 7.88. The second-order valence-electron chi connectivity index (χ2n) is 26.5. The first-order valence-electron chi connectivity index (χ1n) is 31.8. The van der Waals surface area contributed by atoms with Crippen LogP contribution in [0.4, 0.5) is 28.7 Å². The highest BCUT2D eigenvalue weighted by Gasteiger charge is 2.41. The van der Waals surface area contributed by atoms with E-state index >= 15 is 0 Å². The molecule has 0 amide bonds. The SMILES string of the molecule is CCC1(O)CCN(c2ncnc3c2CN(c2cc(Cl)nc4c2C=CC4)[C@H](C)C3)CC1.C[C@@H]1Cc2ncnc(C3CN(S(C)(=O)=O)C3)c2CN1c1cc(Cl)nc2c1C=CC2.C[C@@H]1Cc2ncnc(N3CCC[C@H](C(C)(C)O)C3)c2CN1c1cc(Cl)nc2c1C=CC2. The second kappa shape index (κ2) is 24.9. The first-order valence-corrected chi connectivity index (χ1v) is 34.8. The van der Waals surface area contributed by atoms with Crippen molar-refractivity contribution >= 4 is 91.8 Å². The molecule has 2 N–H and O–H groups in total. The Bertz CT molecular complexity index is 3960. The molecule has 23 heteroatoms. The summed E-state index contributed by atoms with van der Waals surface area (Å²) in [5.41, 5.74) is 16.6. The van der Waals surface area contributed by atoms with Crippen molar-refractivity contribution in [2.24, 2.45) is 5.92 Å². The lowest BCUT2D eigenvalue weighted by Crippen LogP contribution is -2.49. The van der Waals surface area contributed by atoms with Crippen molar-refractivity contribution in [3.8, 4) is 0 Å². The number of pyridine rings is 3. The minimum atomic E-state index is -3.15. The van der Waals surface area contributed by atoms with Gasteiger partial charge in [-0.15, -0.1) is 0 Å². The lowest BCUT2D eigenvalue weighted by Gasteiger charge is -2.42. The topological polar surface area (TPSA) is 210 Å². The fraction of sp³-hybridized carbons (Fsp3) is 0.507. The molecule has 12 heterocycles. The fourth-order valence-corrected chi connectivity index (χ4v) is 16.3. The van der Waals surface area contributed by atoms with Gasteiger partial charge < -0.3 is 34.7 Å². The van der Waals surface area contributed by atoms with Crippen LogP contribution in [0.3, 0.4) is 0 Å². The van der Waals surface area contributed by atoms with E-state index in [2.05, 4.69) is 129 Å². The van der Waals surface area contributed by atoms with Crippen LogP contribution < -0.4 is 24.5 Å². The molecule has 0 unspecified atom stereocenters. The van der Waals surface area contributed by atoms with Crippen LogP contribution in [-0.4, -0.2) is 143 Å². The number of hydrogen-bond acceptors (Lipinski definition) is 18. The second-order valence-corrected chi connectivity index (χ2v) is 29.7. The summed E-state index contributed by atoms with van der Waals surface area (Å²) in [4.78, 5) is 53.1. The Morgan fingerprint density at radius 2 is 1.01 bits per heavy atom. The van der Waals surface area contributed by atoms with Gasteiger partial charge in [0.1, 0.15) is 46.1 Å². The van der Waals surface area contributed by atoms with Crippen molar-refractivity contribution in [1.29, 1.82) is 0 Å². The van der Waals surface area contributed by atoms with E-state index in [1.54, 1.807) is 19.0 Å². The van der Waals surface area contributed by atoms with Crippen LogP contribution in [-0.2, 0) is 68.2 Å². The van der Waals surface area contributed by atoms with Gasteiger partial charge in [0.15, 0.2) is 0 Å². The summed E-state index contributed by atoms with van der Waals surface area (Å²) in [6, 6.07) is 6.79. The number of allylic oxidation sites excluding steroid dienone is 3. The Kier molecular flexibility index (Phi) is 17.3. The third kappa shape index (κ3) is 12.4. The molecule has 6 aliphatic heterocycles. The van der Waals surface area contributed by atoms with Crippen LogP contribution in [0, 0.1) is 5.92 Å². The molecule has 3 aliphatic carbocycles. The summed E-state index contributed by atoms with van der Waals surface area (Å²) in [5, 5.41) is 22.8. The van der Waals surface area contributed by atoms with Gasteiger partial charge in [0.25, 0.3) is 0 Å². The average molecular weight is 1300 g/mol. The number of aliphatic hydroxyl groups is 2. The molecule has 474 valence electrons. The first-order chi connectivity index (χ1) is 43.1. The molecular weight excluding hydrogens is 1220 g/mol. The number of piperidine rings is 2. The van der Waals surface area contributed by atoms with Gasteiger partial charge in [0.05, 0.1) is 57.3 Å². The number of anilines is 5. The number of sulfonamides is 1. The summed E-state index contributed by atoms with van der Waals surface area (Å²) in [5.74, 6) is 2.38. The average Bonchev–Trinajstić information content (AvgIpc) is 1.06. The van der Waals surface area contributed by atoms with E-state index in [-0.39, 0.29) is 17.9 Å². The quantitative estimate of drug-likeness (QED) is 0.129. The maximum atomic E-state index is 11.8. The summed E-state index contributed by atoms with van der Waals surface area (Å²) >= 11 is 19.1. The lowest BCUT2D eigenvalue weighted by atomic mass is 9.84. The lowest BCUT2D eigenvalue weighted by molar-refractivity contribution is 0.0108. The van der Waals surface area contributed by atoms with Crippen LogP contribution >= 0.6 is 34.8 Å². The zero-order valence-corrected chi connectivity index (χ0v) is 55.5. The number of halogens is 3. The molecule has 15 rings (SSSR count). The van der Waals surface area contributed by atoms with Gasteiger partial charge in [-0.25, -0.2) is 57.6 Å². The number of aromatic nitrogens is 9. The van der Waals surface area contributed by atoms with Crippen LogP contribution in [0.2, 0.25) is 15.5 Å². The first kappa shape index (κ1) is 62.4. The smallest absolute Gasteiger partial charge is 0.211 e. The Labute approximate surface area is 543 Å². The third-order valence-corrected chi connectivity index (χ3v) is 22.0. The Hall–Kier alpha value is -6.39. The molecule has 19 nitrogen and oxygen atoms in total. The van der Waals surface area contributed by atoms with Crippen molar-refractivity contribution in [1.82, 2.24) is 49.2 Å². The molecule has 9 aliphatic rings. The molecule has 0 bridgehead atoms. The normalized spacial score (nSPS) is 22.4. The predicted molar refractivity (Wildman–Crippen MR) is 357 cm³/mol. The van der Waals surface area contributed by atoms with Crippen LogP contribution in [0.25, 0.3) is 18.2 Å². The van der Waals surface area contributed by atoms with Gasteiger partial charge in [-0.2, -0.15) is 0 Å². The van der Waals surface area contributed by atoms with Gasteiger partial charge in [0.2, 0.25) is 10.0 Å². The number of hydrogen-bond donors (Lipinski definition) is 2. The zero-order chi connectivity index (χ0) is 63.0. The third-order valence-electron chi connectivity index (χ3n) is 20.2. The van der Waals surface area contributed by atoms with E-state index in [4.69, 9.17) is 39.8 Å². The van der Waals surface area contributed by atoms with Crippen molar-refractivity contribution in [3.63, 3.8) is 0 Å². The van der Waals surface area contributed by atoms with Gasteiger partial charge in [-0.05, 0) is 84.9 Å². The van der Waals surface area contributed by atoms with E-state index in [1.807, 2.05) is 32.0 Å². The molecular formula is C67H80Cl3N15O4S. The molecule has 0 spiro atoms. The number of rotatable bonds is 9. The molecule has 0 radical (unpaired) electrons. The van der Waals surface area contributed by atoms with E-state index in [9.17, 15) is 18.6 Å². The van der Waals surface area contributed by atoms with Crippen molar-refractivity contribution in [3.05, 3.63) is 144 Å². The van der Waals surface area contributed by atoms with Crippen molar-refractivity contribution in [2.75, 3.05) is 70.0 Å². The van der Waals surface area contributed by atoms with Gasteiger partial charge in [-0.3, -0.25) is 0 Å². The van der Waals surface area contributed by atoms with Gasteiger partial charge in [0, 0.05) is 178 Å². The van der Waals surface area contributed by atoms with E-state index in [0.717, 1.165) is 190 Å². The van der Waals surface area contributed by atoms with Crippen molar-refractivity contribution < 1.29 is 18.6 Å².